The van der Waals surface area contributed by atoms with E-state index in [1.807, 2.05) is 48.5 Å². The molecule has 0 bridgehead atoms. The minimum atomic E-state index is 0.0158. The molecule has 0 atom stereocenters. The van der Waals surface area contributed by atoms with E-state index in [2.05, 4.69) is 22.9 Å². The zero-order valence-electron chi connectivity index (χ0n) is 12.9. The van der Waals surface area contributed by atoms with Gasteiger partial charge in [-0.05, 0) is 48.4 Å². The van der Waals surface area contributed by atoms with E-state index in [1.54, 1.807) is 11.9 Å². The highest BCUT2D eigenvalue weighted by molar-refractivity contribution is 9.10. The first kappa shape index (κ1) is 16.6. The third-order valence-electron chi connectivity index (χ3n) is 3.46. The lowest BCUT2D eigenvalue weighted by Gasteiger charge is -2.17. The first-order valence-corrected chi connectivity index (χ1v) is 8.12. The van der Waals surface area contributed by atoms with Crippen LogP contribution >= 0.6 is 15.9 Å². The van der Waals surface area contributed by atoms with Crippen molar-refractivity contribution in [2.75, 3.05) is 20.2 Å². The first-order chi connectivity index (χ1) is 10.6. The summed E-state index contributed by atoms with van der Waals surface area (Å²) in [5.74, 6) is 0.818. The van der Waals surface area contributed by atoms with E-state index in [9.17, 15) is 4.79 Å². The summed E-state index contributed by atoms with van der Waals surface area (Å²) >= 11 is 3.38. The van der Waals surface area contributed by atoms with Crippen molar-refractivity contribution in [2.45, 2.75) is 13.3 Å². The normalized spacial score (nSPS) is 10.3. The molecule has 0 N–H and O–H groups in total. The molecule has 116 valence electrons. The predicted molar refractivity (Wildman–Crippen MR) is 92.4 cm³/mol. The number of ether oxygens (including phenoxy) is 1. The number of rotatable bonds is 6. The summed E-state index contributed by atoms with van der Waals surface area (Å²) in [4.78, 5) is 14.0. The number of likely N-dealkylation sites (N-methyl/N-ethyl adjacent to an activating group) is 1. The van der Waals surface area contributed by atoms with Gasteiger partial charge >= 0.3 is 0 Å². The van der Waals surface area contributed by atoms with Crippen LogP contribution < -0.4 is 4.74 Å². The number of carbonyl (C=O) groups is 1. The van der Waals surface area contributed by atoms with Crippen molar-refractivity contribution in [2.24, 2.45) is 0 Å². The Morgan fingerprint density at radius 1 is 1.09 bits per heavy atom. The standard InChI is InChI=1S/C18H20BrNO2/c1-3-14-4-6-15(7-5-14)18(21)20(2)12-13-22-17-10-8-16(19)9-11-17/h4-11H,3,12-13H2,1-2H3. The Morgan fingerprint density at radius 3 is 2.32 bits per heavy atom. The molecule has 0 spiro atoms. The predicted octanol–water partition coefficient (Wildman–Crippen LogP) is 4.16. The second-order valence-corrected chi connectivity index (χ2v) is 6.00. The maximum absolute atomic E-state index is 12.3. The van der Waals surface area contributed by atoms with E-state index >= 15 is 0 Å². The Kier molecular flexibility index (Phi) is 6.01. The third-order valence-corrected chi connectivity index (χ3v) is 3.99. The van der Waals surface area contributed by atoms with E-state index in [0.29, 0.717) is 18.7 Å². The smallest absolute Gasteiger partial charge is 0.253 e. The molecule has 0 unspecified atom stereocenters. The number of carbonyl (C=O) groups excluding carboxylic acids is 1. The van der Waals surface area contributed by atoms with Gasteiger partial charge in [-0.15, -0.1) is 0 Å². The van der Waals surface area contributed by atoms with Crippen LogP contribution in [0, 0.1) is 0 Å². The molecular formula is C18H20BrNO2. The number of nitrogens with zero attached hydrogens (tertiary/aromatic N) is 1. The van der Waals surface area contributed by atoms with Crippen LogP contribution in [0.5, 0.6) is 5.75 Å². The van der Waals surface area contributed by atoms with Crippen molar-refractivity contribution in [1.82, 2.24) is 4.90 Å². The Hall–Kier alpha value is -1.81. The fourth-order valence-electron chi connectivity index (χ4n) is 2.04. The monoisotopic (exact) mass is 361 g/mol. The van der Waals surface area contributed by atoms with Crippen LogP contribution in [0.3, 0.4) is 0 Å². The van der Waals surface area contributed by atoms with Crippen LogP contribution in [0.4, 0.5) is 0 Å². The SMILES string of the molecule is CCc1ccc(C(=O)N(C)CCOc2ccc(Br)cc2)cc1. The van der Waals surface area contributed by atoms with Gasteiger partial charge in [0.1, 0.15) is 12.4 Å². The van der Waals surface area contributed by atoms with Crippen LogP contribution in [0.15, 0.2) is 53.0 Å². The molecule has 2 aromatic rings. The molecule has 3 nitrogen and oxygen atoms in total. The maximum atomic E-state index is 12.3. The van der Waals surface area contributed by atoms with E-state index in [0.717, 1.165) is 16.6 Å². The van der Waals surface area contributed by atoms with Crippen LogP contribution in [0.2, 0.25) is 0 Å². The van der Waals surface area contributed by atoms with Gasteiger partial charge in [0.2, 0.25) is 0 Å². The van der Waals surface area contributed by atoms with E-state index < -0.39 is 0 Å². The lowest BCUT2D eigenvalue weighted by Crippen LogP contribution is -2.30. The first-order valence-electron chi connectivity index (χ1n) is 7.33. The summed E-state index contributed by atoms with van der Waals surface area (Å²) in [5.41, 5.74) is 1.95. The lowest BCUT2D eigenvalue weighted by molar-refractivity contribution is 0.0774. The quantitative estimate of drug-likeness (QED) is 0.772. The number of aryl methyl sites for hydroxylation is 1. The second-order valence-electron chi connectivity index (χ2n) is 5.08. The van der Waals surface area contributed by atoms with Gasteiger partial charge in [-0.2, -0.15) is 0 Å². The Morgan fingerprint density at radius 2 is 1.73 bits per heavy atom. The van der Waals surface area contributed by atoms with Gasteiger partial charge in [0.25, 0.3) is 5.91 Å². The maximum Gasteiger partial charge on any atom is 0.253 e. The summed E-state index contributed by atoms with van der Waals surface area (Å²) in [6.07, 6.45) is 0.978. The van der Waals surface area contributed by atoms with Crippen LogP contribution in [0.1, 0.15) is 22.8 Å². The van der Waals surface area contributed by atoms with Crippen molar-refractivity contribution in [3.8, 4) is 5.75 Å². The van der Waals surface area contributed by atoms with E-state index in [4.69, 9.17) is 4.74 Å². The number of hydrogen-bond donors (Lipinski definition) is 0. The fourth-order valence-corrected chi connectivity index (χ4v) is 2.30. The van der Waals surface area contributed by atoms with E-state index in [1.165, 1.54) is 5.56 Å². The average molecular weight is 362 g/mol. The molecule has 1 amide bonds. The highest BCUT2D eigenvalue weighted by Crippen LogP contribution is 2.16. The fraction of sp³-hybridized carbons (Fsp3) is 0.278. The molecule has 0 heterocycles. The van der Waals surface area contributed by atoms with Gasteiger partial charge in [-0.1, -0.05) is 35.0 Å². The van der Waals surface area contributed by atoms with Gasteiger partial charge in [0.15, 0.2) is 0 Å². The molecule has 0 aliphatic heterocycles. The van der Waals surface area contributed by atoms with Gasteiger partial charge in [-0.25, -0.2) is 0 Å². The molecule has 2 aromatic carbocycles. The summed E-state index contributed by atoms with van der Waals surface area (Å²) in [5, 5.41) is 0. The number of benzene rings is 2. The van der Waals surface area contributed by atoms with Crippen molar-refractivity contribution in [1.29, 1.82) is 0 Å². The number of hydrogen-bond acceptors (Lipinski definition) is 2. The molecule has 0 radical (unpaired) electrons. The molecule has 0 aliphatic rings. The van der Waals surface area contributed by atoms with Crippen molar-refractivity contribution in [3.63, 3.8) is 0 Å². The Balaban J connectivity index is 1.84. The lowest BCUT2D eigenvalue weighted by atomic mass is 10.1. The van der Waals surface area contributed by atoms with E-state index in [-0.39, 0.29) is 5.91 Å². The third kappa shape index (κ3) is 4.60. The molecule has 22 heavy (non-hydrogen) atoms. The van der Waals surface area contributed by atoms with Gasteiger partial charge in [0, 0.05) is 17.1 Å². The summed E-state index contributed by atoms with van der Waals surface area (Å²) in [7, 11) is 1.79. The van der Waals surface area contributed by atoms with Crippen LogP contribution in [0.25, 0.3) is 0 Å². The van der Waals surface area contributed by atoms with Crippen molar-refractivity contribution in [3.05, 3.63) is 64.1 Å². The minimum absolute atomic E-state index is 0.0158. The minimum Gasteiger partial charge on any atom is -0.492 e. The molecule has 0 saturated heterocycles. The summed E-state index contributed by atoms with van der Waals surface area (Å²) in [6.45, 7) is 3.11. The van der Waals surface area contributed by atoms with Crippen LogP contribution in [-0.2, 0) is 6.42 Å². The molecule has 4 heteroatoms. The summed E-state index contributed by atoms with van der Waals surface area (Å²) in [6, 6.07) is 15.4. The average Bonchev–Trinajstić information content (AvgIpc) is 2.56. The number of halogens is 1. The number of amides is 1. The van der Waals surface area contributed by atoms with Gasteiger partial charge in [0.05, 0.1) is 6.54 Å². The molecule has 0 aliphatic carbocycles. The summed E-state index contributed by atoms with van der Waals surface area (Å²) < 4.78 is 6.66. The highest BCUT2D eigenvalue weighted by atomic mass is 79.9. The molecule has 0 saturated carbocycles. The molecular weight excluding hydrogens is 342 g/mol. The largest absolute Gasteiger partial charge is 0.492 e. The van der Waals surface area contributed by atoms with Crippen LogP contribution in [-0.4, -0.2) is 31.0 Å². The van der Waals surface area contributed by atoms with Gasteiger partial charge in [-0.3, -0.25) is 4.79 Å². The Bertz CT molecular complexity index is 608. The second kappa shape index (κ2) is 7.99. The zero-order chi connectivity index (χ0) is 15.9. The van der Waals surface area contributed by atoms with Crippen molar-refractivity contribution < 1.29 is 9.53 Å². The van der Waals surface area contributed by atoms with Crippen molar-refractivity contribution >= 4 is 21.8 Å². The molecule has 2 rings (SSSR count). The zero-order valence-corrected chi connectivity index (χ0v) is 14.5. The van der Waals surface area contributed by atoms with Gasteiger partial charge < -0.3 is 9.64 Å². The topological polar surface area (TPSA) is 29.5 Å². The highest BCUT2D eigenvalue weighted by Gasteiger charge is 2.11. The molecule has 0 aromatic heterocycles. The Labute approximate surface area is 140 Å². The molecule has 0 fully saturated rings.